The van der Waals surface area contributed by atoms with Crippen molar-refractivity contribution in [3.63, 3.8) is 0 Å². The van der Waals surface area contributed by atoms with Gasteiger partial charge in [0.15, 0.2) is 11.5 Å². The molecular weight excluding hydrogens is 434 g/mol. The molecule has 1 amide bonds. The Balaban J connectivity index is 1.48. The first-order chi connectivity index (χ1) is 16.5. The lowest BCUT2D eigenvalue weighted by atomic mass is 10.1. The number of ether oxygens (including phenoxy) is 2. The number of likely N-dealkylation sites (tertiary alicyclic amines) is 1. The molecule has 0 spiro atoms. The topological polar surface area (TPSA) is 112 Å². The summed E-state index contributed by atoms with van der Waals surface area (Å²) >= 11 is 0. The minimum Gasteiger partial charge on any atom is -0.447 e. The number of rotatable bonds is 4. The second-order valence-corrected chi connectivity index (χ2v) is 9.07. The molecule has 0 atom stereocenters. The van der Waals surface area contributed by atoms with E-state index < -0.39 is 0 Å². The molecule has 0 saturated carbocycles. The van der Waals surface area contributed by atoms with Crippen LogP contribution < -0.4 is 10.6 Å². The number of hydrogen-bond acceptors (Lipinski definition) is 8. The number of morpholine rings is 1. The molecule has 4 heterocycles. The summed E-state index contributed by atoms with van der Waals surface area (Å²) in [5.74, 6) is 1.53. The van der Waals surface area contributed by atoms with Crippen molar-refractivity contribution in [3.05, 3.63) is 30.5 Å². The summed E-state index contributed by atoms with van der Waals surface area (Å²) in [5.41, 5.74) is 8.31. The highest BCUT2D eigenvalue weighted by molar-refractivity contribution is 5.89. The van der Waals surface area contributed by atoms with E-state index in [1.807, 2.05) is 49.0 Å². The Labute approximate surface area is 198 Å². The van der Waals surface area contributed by atoms with Crippen LogP contribution in [-0.4, -0.2) is 76.2 Å². The van der Waals surface area contributed by atoms with E-state index >= 15 is 0 Å². The molecule has 0 bridgehead atoms. The number of nitrogen functional groups attached to an aromatic ring is 1. The van der Waals surface area contributed by atoms with Gasteiger partial charge in [-0.2, -0.15) is 5.10 Å². The summed E-state index contributed by atoms with van der Waals surface area (Å²) in [4.78, 5) is 26.2. The van der Waals surface area contributed by atoms with Crippen LogP contribution in [0.2, 0.25) is 0 Å². The van der Waals surface area contributed by atoms with Gasteiger partial charge in [-0.25, -0.2) is 19.4 Å². The summed E-state index contributed by atoms with van der Waals surface area (Å²) in [6.07, 6.45) is 3.08. The first kappa shape index (κ1) is 22.4. The summed E-state index contributed by atoms with van der Waals surface area (Å²) in [7, 11) is 0. The van der Waals surface area contributed by atoms with Gasteiger partial charge in [0.2, 0.25) is 0 Å². The van der Waals surface area contributed by atoms with Gasteiger partial charge in [-0.1, -0.05) is 0 Å². The first-order valence-corrected chi connectivity index (χ1v) is 11.9. The van der Waals surface area contributed by atoms with Crippen LogP contribution in [-0.2, 0) is 9.47 Å². The third-order valence-corrected chi connectivity index (χ3v) is 6.32. The molecule has 180 valence electrons. The molecule has 2 aliphatic rings. The Morgan fingerprint density at radius 1 is 1.09 bits per heavy atom. The monoisotopic (exact) mass is 465 g/mol. The molecule has 0 radical (unpaired) electrons. The molecular formula is C24H31N7O3. The Bertz CT molecular complexity index is 1150. The van der Waals surface area contributed by atoms with Crippen molar-refractivity contribution >= 4 is 28.6 Å². The Kier molecular flexibility index (Phi) is 6.23. The second-order valence-electron chi connectivity index (χ2n) is 9.07. The smallest absolute Gasteiger partial charge is 0.410 e. The predicted octanol–water partition coefficient (Wildman–Crippen LogP) is 3.09. The van der Waals surface area contributed by atoms with E-state index in [4.69, 9.17) is 30.3 Å². The van der Waals surface area contributed by atoms with Crippen LogP contribution in [0.3, 0.4) is 0 Å². The number of carbonyl (C=O) groups is 1. The van der Waals surface area contributed by atoms with Crippen LogP contribution in [0.5, 0.6) is 0 Å². The van der Waals surface area contributed by atoms with Crippen molar-refractivity contribution in [1.29, 1.82) is 0 Å². The van der Waals surface area contributed by atoms with Crippen LogP contribution in [0, 0.1) is 0 Å². The normalized spacial score (nSPS) is 17.5. The van der Waals surface area contributed by atoms with Gasteiger partial charge in [-0.05, 0) is 51.0 Å². The number of nitrogens with zero attached hydrogens (tertiary/aromatic N) is 6. The van der Waals surface area contributed by atoms with E-state index in [9.17, 15) is 4.79 Å². The molecule has 0 aliphatic carbocycles. The van der Waals surface area contributed by atoms with Gasteiger partial charge in [0.1, 0.15) is 5.82 Å². The zero-order valence-electron chi connectivity index (χ0n) is 19.7. The maximum absolute atomic E-state index is 12.3. The minimum atomic E-state index is -0.249. The molecule has 5 rings (SSSR count). The fourth-order valence-corrected chi connectivity index (χ4v) is 4.52. The van der Waals surface area contributed by atoms with Crippen molar-refractivity contribution in [2.24, 2.45) is 0 Å². The molecule has 2 saturated heterocycles. The maximum atomic E-state index is 12.3. The largest absolute Gasteiger partial charge is 0.447 e. The third-order valence-electron chi connectivity index (χ3n) is 6.32. The van der Waals surface area contributed by atoms with Gasteiger partial charge in [-0.3, -0.25) is 0 Å². The van der Waals surface area contributed by atoms with Crippen molar-refractivity contribution in [3.8, 4) is 11.4 Å². The molecule has 2 N–H and O–H groups in total. The van der Waals surface area contributed by atoms with Crippen LogP contribution >= 0.6 is 0 Å². The maximum Gasteiger partial charge on any atom is 0.410 e. The number of benzene rings is 1. The number of hydrogen-bond donors (Lipinski definition) is 1. The summed E-state index contributed by atoms with van der Waals surface area (Å²) in [6, 6.07) is 7.76. The number of aromatic nitrogens is 4. The molecule has 2 fully saturated rings. The van der Waals surface area contributed by atoms with Crippen LogP contribution in [0.15, 0.2) is 30.5 Å². The number of carbonyl (C=O) groups excluding carboxylic acids is 1. The summed E-state index contributed by atoms with van der Waals surface area (Å²) in [6.45, 7) is 7.87. The number of fused-ring (bicyclic) bond motifs is 1. The zero-order valence-corrected chi connectivity index (χ0v) is 19.7. The highest BCUT2D eigenvalue weighted by atomic mass is 16.6. The summed E-state index contributed by atoms with van der Waals surface area (Å²) in [5, 5.41) is 5.68. The molecule has 10 nitrogen and oxygen atoms in total. The van der Waals surface area contributed by atoms with Crippen LogP contribution in [0.25, 0.3) is 22.4 Å². The van der Waals surface area contributed by atoms with Crippen LogP contribution in [0.4, 0.5) is 16.3 Å². The van der Waals surface area contributed by atoms with Crippen molar-refractivity contribution in [2.75, 3.05) is 50.0 Å². The van der Waals surface area contributed by atoms with E-state index in [0.717, 1.165) is 48.3 Å². The highest BCUT2D eigenvalue weighted by Gasteiger charge is 2.28. The average Bonchev–Trinajstić information content (AvgIpc) is 3.28. The predicted molar refractivity (Wildman–Crippen MR) is 130 cm³/mol. The standard InChI is InChI=1S/C24H31N7O3/c1-16(2)34-24(32)30-9-7-19(8-10-30)31-23-20(15-26-31)22(29-11-13-33-14-12-29)27-21(28-23)17-3-5-18(25)6-4-17/h3-6,15-16,19H,7-14,25H2,1-2H3. The highest BCUT2D eigenvalue weighted by Crippen LogP contribution is 2.32. The lowest BCUT2D eigenvalue weighted by Crippen LogP contribution is -2.40. The quantitative estimate of drug-likeness (QED) is 0.585. The van der Waals surface area contributed by atoms with E-state index in [0.29, 0.717) is 37.8 Å². The zero-order chi connectivity index (χ0) is 23.7. The van der Waals surface area contributed by atoms with Crippen molar-refractivity contribution < 1.29 is 14.3 Å². The van der Waals surface area contributed by atoms with Gasteiger partial charge in [0.05, 0.1) is 36.9 Å². The third kappa shape index (κ3) is 4.50. The SMILES string of the molecule is CC(C)OC(=O)N1CCC(n2ncc3c(N4CCOCC4)nc(-c4ccc(N)cc4)nc32)CC1. The molecule has 10 heteroatoms. The second kappa shape index (κ2) is 9.46. The fraction of sp³-hybridized carbons (Fsp3) is 0.500. The lowest BCUT2D eigenvalue weighted by molar-refractivity contribution is 0.0656. The number of nitrogens with two attached hydrogens (primary N) is 1. The van der Waals surface area contributed by atoms with E-state index in [2.05, 4.69) is 4.90 Å². The molecule has 2 aromatic heterocycles. The molecule has 2 aliphatic heterocycles. The summed E-state index contributed by atoms with van der Waals surface area (Å²) < 4.78 is 12.9. The van der Waals surface area contributed by atoms with Crippen molar-refractivity contribution in [1.82, 2.24) is 24.6 Å². The van der Waals surface area contributed by atoms with Gasteiger partial charge in [0, 0.05) is 37.4 Å². The number of anilines is 2. The van der Waals surface area contributed by atoms with Crippen LogP contribution in [0.1, 0.15) is 32.7 Å². The van der Waals surface area contributed by atoms with Crippen molar-refractivity contribution in [2.45, 2.75) is 38.8 Å². The Morgan fingerprint density at radius 2 is 1.79 bits per heavy atom. The molecule has 34 heavy (non-hydrogen) atoms. The molecule has 3 aromatic rings. The van der Waals surface area contributed by atoms with Gasteiger partial charge in [-0.15, -0.1) is 0 Å². The number of amides is 1. The van der Waals surface area contributed by atoms with Gasteiger partial charge < -0.3 is 25.0 Å². The lowest BCUT2D eigenvalue weighted by Gasteiger charge is -2.32. The fourth-order valence-electron chi connectivity index (χ4n) is 4.52. The average molecular weight is 466 g/mol. The Hall–Kier alpha value is -3.40. The minimum absolute atomic E-state index is 0.123. The number of piperidine rings is 1. The van der Waals surface area contributed by atoms with E-state index in [1.165, 1.54) is 0 Å². The molecule has 1 aromatic carbocycles. The first-order valence-electron chi connectivity index (χ1n) is 11.9. The Morgan fingerprint density at radius 3 is 2.47 bits per heavy atom. The van der Waals surface area contributed by atoms with E-state index in [1.54, 1.807) is 4.90 Å². The molecule has 0 unspecified atom stereocenters. The van der Waals surface area contributed by atoms with Gasteiger partial charge >= 0.3 is 6.09 Å². The van der Waals surface area contributed by atoms with Gasteiger partial charge in [0.25, 0.3) is 0 Å². The van der Waals surface area contributed by atoms with E-state index in [-0.39, 0.29) is 18.2 Å².